The lowest BCUT2D eigenvalue weighted by atomic mass is 9.99. The molecule has 1 amide bonds. The Balaban J connectivity index is 1.74. The Morgan fingerprint density at radius 2 is 2.24 bits per heavy atom. The fourth-order valence-corrected chi connectivity index (χ4v) is 3.86. The smallest absolute Gasteiger partial charge is 0.266 e. The Bertz CT molecular complexity index is 618. The van der Waals surface area contributed by atoms with Gasteiger partial charge >= 0.3 is 0 Å². The number of carbonyl (C=O) groups excluding carboxylic acids is 1. The van der Waals surface area contributed by atoms with Gasteiger partial charge < -0.3 is 5.32 Å². The summed E-state index contributed by atoms with van der Waals surface area (Å²) in [7, 11) is 0. The van der Waals surface area contributed by atoms with Gasteiger partial charge in [-0.25, -0.2) is 4.68 Å². The van der Waals surface area contributed by atoms with Crippen molar-refractivity contribution in [2.75, 3.05) is 5.32 Å². The summed E-state index contributed by atoms with van der Waals surface area (Å²) in [4.78, 5) is 14.6. The van der Waals surface area contributed by atoms with Crippen LogP contribution in [-0.4, -0.2) is 15.7 Å². The second-order valence-electron chi connectivity index (χ2n) is 6.01. The lowest BCUT2D eigenvalue weighted by Crippen LogP contribution is -2.16. The van der Waals surface area contributed by atoms with Crippen molar-refractivity contribution in [2.45, 2.75) is 46.1 Å². The minimum absolute atomic E-state index is 0.0140. The zero-order valence-corrected chi connectivity index (χ0v) is 13.4. The number of nitrogens with zero attached hydrogens (tertiary/aromatic N) is 2. The number of hydrogen-bond acceptors (Lipinski definition) is 3. The van der Waals surface area contributed by atoms with Crippen LogP contribution in [0.15, 0.2) is 18.3 Å². The second kappa shape index (κ2) is 6.02. The van der Waals surface area contributed by atoms with Gasteiger partial charge in [0, 0.05) is 17.5 Å². The van der Waals surface area contributed by atoms with Crippen LogP contribution in [0.3, 0.4) is 0 Å². The number of thiophene rings is 1. The molecule has 4 nitrogen and oxygen atoms in total. The van der Waals surface area contributed by atoms with Gasteiger partial charge in [-0.3, -0.25) is 4.79 Å². The third kappa shape index (κ3) is 3.18. The van der Waals surface area contributed by atoms with Crippen LogP contribution in [0, 0.1) is 5.92 Å². The number of amides is 1. The Labute approximate surface area is 129 Å². The summed E-state index contributed by atoms with van der Waals surface area (Å²) in [6.45, 7) is 5.09. The average Bonchev–Trinajstić information content (AvgIpc) is 3.05. The van der Waals surface area contributed by atoms with Crippen LogP contribution in [0.2, 0.25) is 0 Å². The normalized spacial score (nSPS) is 14.2. The Kier molecular flexibility index (Phi) is 4.10. The molecule has 112 valence electrons. The molecule has 3 rings (SSSR count). The highest BCUT2D eigenvalue weighted by Crippen LogP contribution is 2.30. The fourth-order valence-electron chi connectivity index (χ4n) is 2.71. The predicted molar refractivity (Wildman–Crippen MR) is 86.0 cm³/mol. The lowest BCUT2D eigenvalue weighted by Gasteiger charge is -2.10. The van der Waals surface area contributed by atoms with Gasteiger partial charge in [-0.05, 0) is 43.2 Å². The molecule has 0 aliphatic heterocycles. The standard InChI is InChI=1S/C16H21N3OS/c1-11(2)10-19-15(7-8-17-19)18-16(20)14-9-12-5-3-4-6-13(12)21-14/h7-9,11H,3-6,10H2,1-2H3,(H,18,20). The summed E-state index contributed by atoms with van der Waals surface area (Å²) in [5, 5.41) is 7.27. The molecule has 0 atom stereocenters. The van der Waals surface area contributed by atoms with Crippen molar-refractivity contribution in [2.24, 2.45) is 5.92 Å². The molecule has 1 N–H and O–H groups in total. The Hall–Kier alpha value is -1.62. The van der Waals surface area contributed by atoms with Crippen LogP contribution in [-0.2, 0) is 19.4 Å². The van der Waals surface area contributed by atoms with Gasteiger partial charge in [0.2, 0.25) is 0 Å². The summed E-state index contributed by atoms with van der Waals surface area (Å²) >= 11 is 1.64. The molecule has 0 bridgehead atoms. The van der Waals surface area contributed by atoms with Crippen LogP contribution < -0.4 is 5.32 Å². The van der Waals surface area contributed by atoms with Crippen molar-refractivity contribution >= 4 is 23.1 Å². The van der Waals surface area contributed by atoms with Crippen molar-refractivity contribution in [3.05, 3.63) is 33.6 Å². The predicted octanol–water partition coefficient (Wildman–Crippen LogP) is 3.73. The SMILES string of the molecule is CC(C)Cn1nccc1NC(=O)c1cc2c(s1)CCCC2. The second-order valence-corrected chi connectivity index (χ2v) is 7.15. The third-order valence-electron chi connectivity index (χ3n) is 3.72. The van der Waals surface area contributed by atoms with Gasteiger partial charge in [0.05, 0.1) is 11.1 Å². The number of rotatable bonds is 4. The molecule has 0 saturated carbocycles. The van der Waals surface area contributed by atoms with E-state index in [4.69, 9.17) is 0 Å². The van der Waals surface area contributed by atoms with E-state index in [2.05, 4.69) is 30.3 Å². The molecule has 2 aromatic heterocycles. The molecule has 0 spiro atoms. The molecule has 1 aliphatic carbocycles. The first-order chi connectivity index (χ1) is 10.1. The quantitative estimate of drug-likeness (QED) is 0.935. The highest BCUT2D eigenvalue weighted by molar-refractivity contribution is 7.14. The molecule has 2 heterocycles. The summed E-state index contributed by atoms with van der Waals surface area (Å²) in [6.07, 6.45) is 6.46. The molecule has 0 saturated heterocycles. The monoisotopic (exact) mass is 303 g/mol. The molecule has 1 aliphatic rings. The highest BCUT2D eigenvalue weighted by atomic mass is 32.1. The maximum atomic E-state index is 12.4. The van der Waals surface area contributed by atoms with E-state index < -0.39 is 0 Å². The summed E-state index contributed by atoms with van der Waals surface area (Å²) in [6, 6.07) is 3.92. The van der Waals surface area contributed by atoms with Crippen LogP contribution in [0.4, 0.5) is 5.82 Å². The van der Waals surface area contributed by atoms with E-state index in [9.17, 15) is 4.79 Å². The van der Waals surface area contributed by atoms with E-state index in [-0.39, 0.29) is 5.91 Å². The summed E-state index contributed by atoms with van der Waals surface area (Å²) < 4.78 is 1.86. The van der Waals surface area contributed by atoms with E-state index in [1.54, 1.807) is 17.5 Å². The van der Waals surface area contributed by atoms with Gasteiger partial charge in [-0.2, -0.15) is 5.10 Å². The number of carbonyl (C=O) groups is 1. The van der Waals surface area contributed by atoms with Crippen LogP contribution >= 0.6 is 11.3 Å². The number of aryl methyl sites for hydroxylation is 2. The number of aromatic nitrogens is 2. The van der Waals surface area contributed by atoms with E-state index in [0.717, 1.165) is 30.1 Å². The molecule has 0 aromatic carbocycles. The van der Waals surface area contributed by atoms with Gasteiger partial charge in [0.25, 0.3) is 5.91 Å². The van der Waals surface area contributed by atoms with Crippen LogP contribution in [0.1, 0.15) is 46.8 Å². The zero-order valence-electron chi connectivity index (χ0n) is 12.6. The summed E-state index contributed by atoms with van der Waals surface area (Å²) in [5.41, 5.74) is 1.37. The minimum Gasteiger partial charge on any atom is -0.306 e. The van der Waals surface area contributed by atoms with E-state index in [1.807, 2.05) is 10.7 Å². The third-order valence-corrected chi connectivity index (χ3v) is 4.95. The summed E-state index contributed by atoms with van der Waals surface area (Å²) in [5.74, 6) is 1.26. The van der Waals surface area contributed by atoms with Crippen LogP contribution in [0.25, 0.3) is 0 Å². The molecule has 0 unspecified atom stereocenters. The van der Waals surface area contributed by atoms with Crippen molar-refractivity contribution < 1.29 is 4.79 Å². The van der Waals surface area contributed by atoms with Gasteiger partial charge in [0.1, 0.15) is 5.82 Å². The van der Waals surface area contributed by atoms with E-state index >= 15 is 0 Å². The van der Waals surface area contributed by atoms with Gasteiger partial charge in [-0.15, -0.1) is 11.3 Å². The average molecular weight is 303 g/mol. The molecular formula is C16H21N3OS. The lowest BCUT2D eigenvalue weighted by molar-refractivity contribution is 0.102. The van der Waals surface area contributed by atoms with Crippen molar-refractivity contribution in [3.8, 4) is 0 Å². The van der Waals surface area contributed by atoms with Crippen LogP contribution in [0.5, 0.6) is 0 Å². The molecule has 5 heteroatoms. The topological polar surface area (TPSA) is 46.9 Å². The van der Waals surface area contributed by atoms with Gasteiger partial charge in [-0.1, -0.05) is 13.8 Å². The molecule has 0 radical (unpaired) electrons. The first-order valence-corrected chi connectivity index (χ1v) is 8.40. The van der Waals surface area contributed by atoms with Gasteiger partial charge in [0.15, 0.2) is 0 Å². The Morgan fingerprint density at radius 1 is 1.43 bits per heavy atom. The Morgan fingerprint density at radius 3 is 3.00 bits per heavy atom. The maximum absolute atomic E-state index is 12.4. The zero-order chi connectivity index (χ0) is 14.8. The van der Waals surface area contributed by atoms with E-state index in [1.165, 1.54) is 23.3 Å². The first kappa shape index (κ1) is 14.3. The first-order valence-electron chi connectivity index (χ1n) is 7.58. The largest absolute Gasteiger partial charge is 0.306 e. The fraction of sp³-hybridized carbons (Fsp3) is 0.500. The van der Waals surface area contributed by atoms with Crippen molar-refractivity contribution in [3.63, 3.8) is 0 Å². The van der Waals surface area contributed by atoms with Crippen molar-refractivity contribution in [1.29, 1.82) is 0 Å². The number of fused-ring (bicyclic) bond motifs is 1. The number of nitrogens with one attached hydrogen (secondary N) is 1. The number of hydrogen-bond donors (Lipinski definition) is 1. The highest BCUT2D eigenvalue weighted by Gasteiger charge is 2.18. The maximum Gasteiger partial charge on any atom is 0.266 e. The minimum atomic E-state index is -0.0140. The number of anilines is 1. The molecule has 2 aromatic rings. The molecule has 0 fully saturated rings. The molecular weight excluding hydrogens is 282 g/mol. The molecule has 21 heavy (non-hydrogen) atoms. The van der Waals surface area contributed by atoms with Crippen molar-refractivity contribution in [1.82, 2.24) is 9.78 Å². The van der Waals surface area contributed by atoms with E-state index in [0.29, 0.717) is 5.92 Å².